The van der Waals surface area contributed by atoms with E-state index in [4.69, 9.17) is 16.3 Å². The lowest BCUT2D eigenvalue weighted by Gasteiger charge is -2.12. The highest BCUT2D eigenvalue weighted by Gasteiger charge is 2.46. The van der Waals surface area contributed by atoms with E-state index in [1.54, 1.807) is 32.2 Å². The zero-order valence-corrected chi connectivity index (χ0v) is 16.4. The predicted octanol–water partition coefficient (Wildman–Crippen LogP) is 4.33. The number of anilines is 1. The molecule has 0 spiro atoms. The van der Waals surface area contributed by atoms with Gasteiger partial charge in [-0.1, -0.05) is 42.0 Å². The quantitative estimate of drug-likeness (QED) is 0.612. The molecule has 0 aliphatic carbocycles. The van der Waals surface area contributed by atoms with Gasteiger partial charge in [-0.15, -0.1) is 0 Å². The zero-order chi connectivity index (χ0) is 19.1. The third-order valence-corrected chi connectivity index (χ3v) is 6.17. The summed E-state index contributed by atoms with van der Waals surface area (Å²) in [5.41, 5.74) is 1.69. The number of benzene rings is 2. The highest BCUT2D eigenvalue weighted by atomic mass is 35.5. The molecule has 7 heteroatoms. The van der Waals surface area contributed by atoms with Crippen molar-refractivity contribution in [1.29, 1.82) is 0 Å². The Hall–Kier alpha value is -2.44. The number of thiazole rings is 1. The van der Waals surface area contributed by atoms with E-state index in [9.17, 15) is 9.59 Å². The van der Waals surface area contributed by atoms with Gasteiger partial charge in [0.25, 0.3) is 0 Å². The van der Waals surface area contributed by atoms with Gasteiger partial charge >= 0.3 is 0 Å². The Morgan fingerprint density at radius 2 is 1.89 bits per heavy atom. The van der Waals surface area contributed by atoms with E-state index in [-0.39, 0.29) is 11.8 Å². The van der Waals surface area contributed by atoms with Crippen LogP contribution in [0.2, 0.25) is 5.02 Å². The number of hydrogen-bond donors (Lipinski definition) is 0. The summed E-state index contributed by atoms with van der Waals surface area (Å²) in [5, 5.41) is 1.06. The summed E-state index contributed by atoms with van der Waals surface area (Å²) in [6.45, 7) is 1.80. The molecule has 2 atom stereocenters. The molecule has 1 aliphatic heterocycles. The van der Waals surface area contributed by atoms with Gasteiger partial charge in [-0.3, -0.25) is 9.59 Å². The van der Waals surface area contributed by atoms with E-state index in [1.165, 1.54) is 16.2 Å². The van der Waals surface area contributed by atoms with Crippen LogP contribution in [0, 0.1) is 11.8 Å². The summed E-state index contributed by atoms with van der Waals surface area (Å²) in [7, 11) is 1.59. The van der Waals surface area contributed by atoms with Crippen molar-refractivity contribution in [2.45, 2.75) is 13.3 Å². The number of halogens is 1. The van der Waals surface area contributed by atoms with E-state index < -0.39 is 11.8 Å². The number of carbonyl (C=O) groups is 2. The number of rotatable bonds is 4. The van der Waals surface area contributed by atoms with Crippen molar-refractivity contribution in [3.63, 3.8) is 0 Å². The topological polar surface area (TPSA) is 59.5 Å². The second-order valence-corrected chi connectivity index (χ2v) is 8.01. The van der Waals surface area contributed by atoms with Crippen LogP contribution in [0.5, 0.6) is 5.75 Å². The van der Waals surface area contributed by atoms with Crippen LogP contribution < -0.4 is 9.64 Å². The van der Waals surface area contributed by atoms with Gasteiger partial charge in [-0.05, 0) is 36.2 Å². The van der Waals surface area contributed by atoms with E-state index in [2.05, 4.69) is 4.98 Å². The lowest BCUT2D eigenvalue weighted by Crippen LogP contribution is -2.30. The number of hydrogen-bond acceptors (Lipinski definition) is 5. The van der Waals surface area contributed by atoms with Crippen LogP contribution in [0.4, 0.5) is 5.13 Å². The molecule has 27 heavy (non-hydrogen) atoms. The molecular formula is C20H17ClN2O3S. The van der Waals surface area contributed by atoms with Crippen LogP contribution in [-0.2, 0) is 16.0 Å². The smallest absolute Gasteiger partial charge is 0.239 e. The maximum absolute atomic E-state index is 13.0. The number of amides is 2. The summed E-state index contributed by atoms with van der Waals surface area (Å²) < 4.78 is 6.12. The molecule has 1 saturated heterocycles. The zero-order valence-electron chi connectivity index (χ0n) is 14.8. The third-order valence-electron chi connectivity index (χ3n) is 4.89. The molecule has 1 aliphatic rings. The van der Waals surface area contributed by atoms with Gasteiger partial charge in [0.2, 0.25) is 11.8 Å². The molecule has 2 heterocycles. The second kappa shape index (κ2) is 6.94. The van der Waals surface area contributed by atoms with E-state index in [1.807, 2.05) is 24.3 Å². The van der Waals surface area contributed by atoms with Crippen LogP contribution in [0.15, 0.2) is 42.5 Å². The van der Waals surface area contributed by atoms with Crippen molar-refractivity contribution in [1.82, 2.24) is 4.98 Å². The molecule has 3 aromatic rings. The first-order valence-electron chi connectivity index (χ1n) is 8.55. The first-order valence-corrected chi connectivity index (χ1v) is 9.74. The van der Waals surface area contributed by atoms with Crippen LogP contribution >= 0.6 is 22.9 Å². The van der Waals surface area contributed by atoms with E-state index in [0.29, 0.717) is 27.8 Å². The van der Waals surface area contributed by atoms with Crippen LogP contribution in [-0.4, -0.2) is 23.9 Å². The van der Waals surface area contributed by atoms with Gasteiger partial charge in [0.15, 0.2) is 5.13 Å². The number of nitrogens with zero attached hydrogens (tertiary/aromatic N) is 2. The molecule has 0 radical (unpaired) electrons. The minimum atomic E-state index is -0.403. The molecule has 4 rings (SSSR count). The lowest BCUT2D eigenvalue weighted by atomic mass is 9.90. The van der Waals surface area contributed by atoms with Crippen LogP contribution in [0.3, 0.4) is 0 Å². The fourth-order valence-corrected chi connectivity index (χ4v) is 4.39. The summed E-state index contributed by atoms with van der Waals surface area (Å²) >= 11 is 7.26. The molecule has 2 amide bonds. The third kappa shape index (κ3) is 3.19. The minimum Gasteiger partial charge on any atom is -0.497 e. The van der Waals surface area contributed by atoms with Crippen LogP contribution in [0.1, 0.15) is 12.5 Å². The molecule has 1 fully saturated rings. The van der Waals surface area contributed by atoms with Gasteiger partial charge in [-0.2, -0.15) is 0 Å². The van der Waals surface area contributed by atoms with Gasteiger partial charge < -0.3 is 4.74 Å². The average Bonchev–Trinajstić information content (AvgIpc) is 3.17. The van der Waals surface area contributed by atoms with Gasteiger partial charge in [0, 0.05) is 17.0 Å². The predicted molar refractivity (Wildman–Crippen MR) is 106 cm³/mol. The Balaban J connectivity index is 1.64. The van der Waals surface area contributed by atoms with Gasteiger partial charge in [0.05, 0.1) is 23.2 Å². The largest absolute Gasteiger partial charge is 0.497 e. The summed E-state index contributed by atoms with van der Waals surface area (Å²) in [5.74, 6) is -0.513. The van der Waals surface area contributed by atoms with Crippen molar-refractivity contribution >= 4 is 50.1 Å². The SMILES string of the molecule is COc1ccc2sc(N3C(=O)C(C)C(Cc4ccc(Cl)cc4)C3=O)nc2c1. The fourth-order valence-electron chi connectivity index (χ4n) is 3.31. The van der Waals surface area contributed by atoms with Crippen molar-refractivity contribution in [3.05, 3.63) is 53.1 Å². The Bertz CT molecular complexity index is 1030. The highest BCUT2D eigenvalue weighted by Crippen LogP contribution is 2.37. The second-order valence-electron chi connectivity index (χ2n) is 6.57. The van der Waals surface area contributed by atoms with Crippen molar-refractivity contribution < 1.29 is 14.3 Å². The molecule has 0 N–H and O–H groups in total. The normalized spacial score (nSPS) is 19.9. The molecule has 138 valence electrons. The minimum absolute atomic E-state index is 0.200. The Kier molecular flexibility index (Phi) is 4.61. The van der Waals surface area contributed by atoms with Gasteiger partial charge in [-0.25, -0.2) is 9.88 Å². The average molecular weight is 401 g/mol. The summed E-state index contributed by atoms with van der Waals surface area (Å²) in [6.07, 6.45) is 0.498. The molecule has 2 aromatic carbocycles. The molecule has 1 aromatic heterocycles. The Morgan fingerprint density at radius 1 is 1.15 bits per heavy atom. The number of fused-ring (bicyclic) bond motifs is 1. The fraction of sp³-hybridized carbons (Fsp3) is 0.250. The van der Waals surface area contributed by atoms with E-state index >= 15 is 0 Å². The number of aromatic nitrogens is 1. The standard InChI is InChI=1S/C20H17ClN2O3S/c1-11-15(9-12-3-5-13(21)6-4-12)19(25)23(18(11)24)20-22-16-10-14(26-2)7-8-17(16)27-20/h3-8,10-11,15H,9H2,1-2H3. The van der Waals surface area contributed by atoms with E-state index in [0.717, 1.165) is 10.3 Å². The number of methoxy groups -OCH3 is 1. The first-order chi connectivity index (χ1) is 13.0. The highest BCUT2D eigenvalue weighted by molar-refractivity contribution is 7.22. The van der Waals surface area contributed by atoms with Crippen molar-refractivity contribution in [2.24, 2.45) is 11.8 Å². The van der Waals surface area contributed by atoms with Gasteiger partial charge in [0.1, 0.15) is 5.75 Å². The number of carbonyl (C=O) groups excluding carboxylic acids is 2. The molecule has 5 nitrogen and oxygen atoms in total. The molecule has 0 bridgehead atoms. The maximum atomic E-state index is 13.0. The number of imide groups is 1. The van der Waals surface area contributed by atoms with Crippen molar-refractivity contribution in [3.8, 4) is 5.75 Å². The Labute approximate surface area is 165 Å². The first kappa shape index (κ1) is 17.9. The molecular weight excluding hydrogens is 384 g/mol. The summed E-state index contributed by atoms with van der Waals surface area (Å²) in [4.78, 5) is 31.6. The molecule has 2 unspecified atom stereocenters. The van der Waals surface area contributed by atoms with Crippen LogP contribution in [0.25, 0.3) is 10.2 Å². The monoisotopic (exact) mass is 400 g/mol. The van der Waals surface area contributed by atoms with Crippen molar-refractivity contribution in [2.75, 3.05) is 12.0 Å². The number of ether oxygens (including phenoxy) is 1. The molecule has 0 saturated carbocycles. The lowest BCUT2D eigenvalue weighted by molar-refractivity contribution is -0.122. The Morgan fingerprint density at radius 3 is 2.59 bits per heavy atom. The maximum Gasteiger partial charge on any atom is 0.239 e. The summed E-state index contributed by atoms with van der Waals surface area (Å²) in [6, 6.07) is 12.9.